The molecule has 0 aliphatic heterocycles. The van der Waals surface area contributed by atoms with Crippen LogP contribution in [0.15, 0.2) is 0 Å². The lowest BCUT2D eigenvalue weighted by Crippen LogP contribution is -2.34. The first-order chi connectivity index (χ1) is 6.82. The molecular weight excluding hydrogens is 192 g/mol. The van der Waals surface area contributed by atoms with Crippen LogP contribution < -0.4 is 0 Å². The maximum atomic E-state index is 2.46. The van der Waals surface area contributed by atoms with Crippen LogP contribution in [0.25, 0.3) is 0 Å². The molecule has 0 aromatic heterocycles. The highest BCUT2D eigenvalue weighted by atomic mass is 14.6. The second-order valence-electron chi connectivity index (χ2n) is 8.82. The van der Waals surface area contributed by atoms with E-state index in [0.29, 0.717) is 21.7 Å². The Kier molecular flexibility index (Phi) is 3.07. The third kappa shape index (κ3) is 2.17. The molecule has 0 heteroatoms. The zero-order valence-corrected chi connectivity index (χ0v) is 13.0. The fourth-order valence-corrected chi connectivity index (χ4v) is 4.12. The SMILES string of the molecule is CC1C(C)(C)CC(C)(C)C(C)(C)CC1(C)C. The van der Waals surface area contributed by atoms with E-state index in [4.69, 9.17) is 0 Å². The Labute approximate surface area is 103 Å². The molecule has 0 atom stereocenters. The molecule has 96 valence electrons. The molecule has 0 aromatic carbocycles. The van der Waals surface area contributed by atoms with Crippen molar-refractivity contribution in [3.05, 3.63) is 0 Å². The second kappa shape index (κ2) is 3.50. The Hall–Kier alpha value is 0. The van der Waals surface area contributed by atoms with Crippen LogP contribution in [0.3, 0.4) is 0 Å². The van der Waals surface area contributed by atoms with Crippen LogP contribution in [0, 0.1) is 27.6 Å². The van der Waals surface area contributed by atoms with E-state index in [9.17, 15) is 0 Å². The normalized spacial score (nSPS) is 32.1. The highest BCUT2D eigenvalue weighted by Gasteiger charge is 2.51. The van der Waals surface area contributed by atoms with Crippen molar-refractivity contribution in [1.82, 2.24) is 0 Å². The van der Waals surface area contributed by atoms with Gasteiger partial charge in [0, 0.05) is 0 Å². The summed E-state index contributed by atoms with van der Waals surface area (Å²) in [5.74, 6) is 0.779. The van der Waals surface area contributed by atoms with Gasteiger partial charge in [0.25, 0.3) is 0 Å². The number of hydrogen-bond acceptors (Lipinski definition) is 0. The van der Waals surface area contributed by atoms with E-state index in [2.05, 4.69) is 62.3 Å². The molecule has 0 nitrogen and oxygen atoms in total. The average Bonchev–Trinajstić information content (AvgIpc) is 1.99. The lowest BCUT2D eigenvalue weighted by Gasteiger charge is -2.44. The van der Waals surface area contributed by atoms with Crippen molar-refractivity contribution in [3.63, 3.8) is 0 Å². The molecule has 1 fully saturated rings. The smallest absolute Gasteiger partial charge is 0.0298 e. The number of hydrogen-bond donors (Lipinski definition) is 0. The molecule has 0 saturated heterocycles. The Balaban J connectivity index is 3.23. The second-order valence-corrected chi connectivity index (χ2v) is 8.82. The van der Waals surface area contributed by atoms with E-state index in [0.717, 1.165) is 5.92 Å². The zero-order valence-electron chi connectivity index (χ0n) is 13.0. The summed E-state index contributed by atoms with van der Waals surface area (Å²) < 4.78 is 0. The minimum atomic E-state index is 0.429. The van der Waals surface area contributed by atoms with Crippen molar-refractivity contribution in [2.24, 2.45) is 27.6 Å². The molecule has 0 amide bonds. The lowest BCUT2D eigenvalue weighted by molar-refractivity contribution is 0.0607. The first-order valence-electron chi connectivity index (χ1n) is 6.82. The third-order valence-electron chi connectivity index (χ3n) is 5.97. The van der Waals surface area contributed by atoms with Gasteiger partial charge in [-0.2, -0.15) is 0 Å². The molecule has 0 aromatic rings. The first-order valence-corrected chi connectivity index (χ1v) is 6.82. The van der Waals surface area contributed by atoms with Crippen molar-refractivity contribution >= 4 is 0 Å². The van der Waals surface area contributed by atoms with E-state index < -0.39 is 0 Å². The van der Waals surface area contributed by atoms with Crippen molar-refractivity contribution in [3.8, 4) is 0 Å². The van der Waals surface area contributed by atoms with E-state index >= 15 is 0 Å². The summed E-state index contributed by atoms with van der Waals surface area (Å²) >= 11 is 0. The first kappa shape index (κ1) is 14.1. The van der Waals surface area contributed by atoms with Gasteiger partial charge in [0.15, 0.2) is 0 Å². The Morgan fingerprint density at radius 1 is 0.625 bits per heavy atom. The van der Waals surface area contributed by atoms with E-state index in [1.165, 1.54) is 12.8 Å². The monoisotopic (exact) mass is 224 g/mol. The van der Waals surface area contributed by atoms with E-state index in [1.54, 1.807) is 0 Å². The van der Waals surface area contributed by atoms with Gasteiger partial charge < -0.3 is 0 Å². The Bertz CT molecular complexity index is 238. The fourth-order valence-electron chi connectivity index (χ4n) is 4.12. The zero-order chi connectivity index (χ0) is 13.0. The third-order valence-corrected chi connectivity index (χ3v) is 5.97. The lowest BCUT2D eigenvalue weighted by atomic mass is 9.61. The van der Waals surface area contributed by atoms with Gasteiger partial charge in [-0.15, -0.1) is 0 Å². The summed E-state index contributed by atoms with van der Waals surface area (Å²) in [7, 11) is 0. The molecule has 0 spiro atoms. The van der Waals surface area contributed by atoms with Crippen molar-refractivity contribution in [1.29, 1.82) is 0 Å². The minimum absolute atomic E-state index is 0.429. The van der Waals surface area contributed by atoms with Gasteiger partial charge in [0.2, 0.25) is 0 Å². The maximum Gasteiger partial charge on any atom is -0.0298 e. The van der Waals surface area contributed by atoms with Gasteiger partial charge in [-0.25, -0.2) is 0 Å². The van der Waals surface area contributed by atoms with Crippen LogP contribution >= 0.6 is 0 Å². The van der Waals surface area contributed by atoms with Gasteiger partial charge in [-0.05, 0) is 40.4 Å². The van der Waals surface area contributed by atoms with Gasteiger partial charge in [-0.3, -0.25) is 0 Å². The predicted octanol–water partition coefficient (Wildman–Crippen LogP) is 5.52. The van der Waals surface area contributed by atoms with Crippen LogP contribution in [-0.2, 0) is 0 Å². The van der Waals surface area contributed by atoms with E-state index in [-0.39, 0.29) is 0 Å². The highest BCUT2D eigenvalue weighted by molar-refractivity contribution is 5.01. The molecule has 0 N–H and O–H groups in total. The summed E-state index contributed by atoms with van der Waals surface area (Å²) in [5, 5.41) is 0. The highest BCUT2D eigenvalue weighted by Crippen LogP contribution is 2.60. The summed E-state index contributed by atoms with van der Waals surface area (Å²) in [5.41, 5.74) is 1.75. The summed E-state index contributed by atoms with van der Waals surface area (Å²) in [6.45, 7) is 22.1. The summed E-state index contributed by atoms with van der Waals surface area (Å²) in [6.07, 6.45) is 2.66. The number of rotatable bonds is 0. The topological polar surface area (TPSA) is 0 Å². The van der Waals surface area contributed by atoms with Crippen LogP contribution in [0.5, 0.6) is 0 Å². The molecule has 1 aliphatic carbocycles. The Morgan fingerprint density at radius 2 is 0.875 bits per heavy atom. The van der Waals surface area contributed by atoms with Gasteiger partial charge in [0.1, 0.15) is 0 Å². The van der Waals surface area contributed by atoms with Crippen molar-refractivity contribution in [2.45, 2.75) is 75.2 Å². The molecule has 1 saturated carbocycles. The van der Waals surface area contributed by atoms with Crippen molar-refractivity contribution < 1.29 is 0 Å². The van der Waals surface area contributed by atoms with Gasteiger partial charge >= 0.3 is 0 Å². The largest absolute Gasteiger partial charge is 0.0615 e. The molecule has 1 rings (SSSR count). The molecule has 0 heterocycles. The quantitative estimate of drug-likeness (QED) is 0.475. The van der Waals surface area contributed by atoms with Crippen LogP contribution in [0.4, 0.5) is 0 Å². The fraction of sp³-hybridized carbons (Fsp3) is 1.00. The molecular formula is C16H32. The summed E-state index contributed by atoms with van der Waals surface area (Å²) in [4.78, 5) is 0. The molecule has 0 bridgehead atoms. The standard InChI is InChI=1S/C16H32/c1-12-13(2,3)10-15(6,7)16(8,9)11-14(12,4)5/h12H,10-11H2,1-9H3. The minimum Gasteiger partial charge on any atom is -0.0615 e. The van der Waals surface area contributed by atoms with Gasteiger partial charge in [0.05, 0.1) is 0 Å². The van der Waals surface area contributed by atoms with Crippen LogP contribution in [-0.4, -0.2) is 0 Å². The predicted molar refractivity (Wildman–Crippen MR) is 73.5 cm³/mol. The van der Waals surface area contributed by atoms with Crippen LogP contribution in [0.2, 0.25) is 0 Å². The van der Waals surface area contributed by atoms with Crippen molar-refractivity contribution in [2.75, 3.05) is 0 Å². The molecule has 16 heavy (non-hydrogen) atoms. The Morgan fingerprint density at radius 3 is 1.12 bits per heavy atom. The maximum absolute atomic E-state index is 2.46. The average molecular weight is 224 g/mol. The summed E-state index contributed by atoms with van der Waals surface area (Å²) in [6, 6.07) is 0. The van der Waals surface area contributed by atoms with Crippen LogP contribution in [0.1, 0.15) is 75.2 Å². The van der Waals surface area contributed by atoms with Gasteiger partial charge in [-0.1, -0.05) is 62.3 Å². The van der Waals surface area contributed by atoms with E-state index in [1.807, 2.05) is 0 Å². The molecule has 0 unspecified atom stereocenters. The molecule has 1 aliphatic rings. The molecule has 0 radical (unpaired) electrons.